The molecule has 6 rings (SSSR count). The molecule has 0 aliphatic heterocycles. The molecule has 9 heteroatoms. The van der Waals surface area contributed by atoms with Crippen molar-refractivity contribution in [3.05, 3.63) is 52.8 Å². The fourth-order valence-electron chi connectivity index (χ4n) is 7.24. The monoisotopic (exact) mass is 592 g/mol. The van der Waals surface area contributed by atoms with E-state index in [2.05, 4.69) is 72.7 Å². The van der Waals surface area contributed by atoms with Crippen LogP contribution in [-0.2, 0) is 11.8 Å². The van der Waals surface area contributed by atoms with Gasteiger partial charge in [0.05, 0.1) is 39.3 Å². The number of fused-ring (bicyclic) bond motifs is 2. The van der Waals surface area contributed by atoms with E-state index in [0.29, 0.717) is 35.1 Å². The van der Waals surface area contributed by atoms with Crippen molar-refractivity contribution in [2.45, 2.75) is 109 Å². The van der Waals surface area contributed by atoms with Gasteiger partial charge in [-0.15, -0.1) is 0 Å². The molecule has 2 aliphatic rings. The van der Waals surface area contributed by atoms with Crippen LogP contribution in [0.15, 0.2) is 30.7 Å². The predicted octanol–water partition coefficient (Wildman–Crippen LogP) is 5.97. The van der Waals surface area contributed by atoms with E-state index in [1.165, 1.54) is 11.9 Å². The van der Waals surface area contributed by atoms with Crippen molar-refractivity contribution in [3.8, 4) is 0 Å². The zero-order valence-electron chi connectivity index (χ0n) is 25.7. The van der Waals surface area contributed by atoms with E-state index < -0.39 is 12.2 Å². The van der Waals surface area contributed by atoms with Gasteiger partial charge in [-0.3, -0.25) is 4.90 Å². The molecule has 42 heavy (non-hydrogen) atoms. The van der Waals surface area contributed by atoms with Crippen LogP contribution in [-0.4, -0.2) is 70.5 Å². The molecule has 4 aromatic rings. The molecule has 3 heterocycles. The van der Waals surface area contributed by atoms with Crippen LogP contribution in [0.1, 0.15) is 83.4 Å². The Bertz CT molecular complexity index is 1570. The molecule has 2 fully saturated rings. The van der Waals surface area contributed by atoms with Crippen LogP contribution in [0.25, 0.3) is 22.1 Å². The van der Waals surface area contributed by atoms with E-state index in [-0.39, 0.29) is 17.4 Å². The summed E-state index contributed by atoms with van der Waals surface area (Å²) in [5.41, 5.74) is 5.14. The van der Waals surface area contributed by atoms with Crippen molar-refractivity contribution in [2.75, 3.05) is 6.54 Å². The molecule has 226 valence electrons. The highest BCUT2D eigenvalue weighted by atomic mass is 35.5. The smallest absolute Gasteiger partial charge is 0.145 e. The number of aliphatic hydroxyl groups is 2. The molecular weight excluding hydrogens is 548 g/mol. The molecule has 0 radical (unpaired) electrons. The second-order valence-electron chi connectivity index (χ2n) is 14.1. The third-order valence-electron chi connectivity index (χ3n) is 9.86. The number of aliphatic hydroxyl groups excluding tert-OH is 2. The number of aryl methyl sites for hydroxylation is 2. The average molecular weight is 593 g/mol. The summed E-state index contributed by atoms with van der Waals surface area (Å²) < 4.78 is 1.95. The van der Waals surface area contributed by atoms with Crippen LogP contribution in [0.3, 0.4) is 0 Å². The Morgan fingerprint density at radius 2 is 1.88 bits per heavy atom. The summed E-state index contributed by atoms with van der Waals surface area (Å²) in [5, 5.41) is 23.7. The van der Waals surface area contributed by atoms with Gasteiger partial charge in [-0.05, 0) is 75.5 Å². The molecule has 4 atom stereocenters. The maximum Gasteiger partial charge on any atom is 0.145 e. The summed E-state index contributed by atoms with van der Waals surface area (Å²) in [5.74, 6) is 1.73. The highest BCUT2D eigenvalue weighted by Crippen LogP contribution is 2.42. The van der Waals surface area contributed by atoms with Crippen molar-refractivity contribution in [3.63, 3.8) is 0 Å². The largest absolute Gasteiger partial charge is 0.390 e. The third-order valence-corrected chi connectivity index (χ3v) is 10.1. The molecular formula is C33H45ClN6O2. The minimum atomic E-state index is -0.872. The number of rotatable bonds is 8. The van der Waals surface area contributed by atoms with Crippen molar-refractivity contribution >= 4 is 33.7 Å². The summed E-state index contributed by atoms with van der Waals surface area (Å²) in [4.78, 5) is 19.7. The van der Waals surface area contributed by atoms with Crippen molar-refractivity contribution < 1.29 is 10.2 Å². The molecule has 2 aliphatic carbocycles. The van der Waals surface area contributed by atoms with Gasteiger partial charge in [0.1, 0.15) is 23.9 Å². The van der Waals surface area contributed by atoms with Gasteiger partial charge in [0.25, 0.3) is 0 Å². The molecule has 0 spiro atoms. The quantitative estimate of drug-likeness (QED) is 0.233. The normalized spacial score (nSPS) is 26.6. The lowest BCUT2D eigenvalue weighted by Crippen LogP contribution is -2.51. The van der Waals surface area contributed by atoms with Crippen LogP contribution in [0.2, 0.25) is 5.02 Å². The van der Waals surface area contributed by atoms with Crippen molar-refractivity contribution in [2.24, 2.45) is 11.8 Å². The van der Waals surface area contributed by atoms with E-state index in [4.69, 9.17) is 16.6 Å². The second kappa shape index (κ2) is 11.2. The first-order valence-corrected chi connectivity index (χ1v) is 15.9. The Labute approximate surface area is 253 Å². The number of aromatic nitrogens is 5. The summed E-state index contributed by atoms with van der Waals surface area (Å²) >= 11 is 6.54. The number of nitrogens with one attached hydrogen (secondary N) is 1. The van der Waals surface area contributed by atoms with E-state index >= 15 is 0 Å². The standard InChI is InChI=1S/C33H45ClN6O2/c1-18(2)39(15-21-13-27(31(42)30(21)41)40-16-24(34)29-19(3)35-17-36-32(29)40)23-11-20(12-23)7-10-28-37-25-9-8-22(33(4,5)6)14-26(25)38-28/h8-9,14,16-18,20-21,23,27,30-31,41-42H,7,10-13,15H2,1-6H3,(H,37,38)/t20?,21-,23?,27-,30-,31+/m1/s1. The first kappa shape index (κ1) is 29.5. The van der Waals surface area contributed by atoms with Gasteiger partial charge in [-0.2, -0.15) is 0 Å². The van der Waals surface area contributed by atoms with Crippen molar-refractivity contribution in [1.29, 1.82) is 0 Å². The number of hydrogen-bond donors (Lipinski definition) is 3. The molecule has 0 bridgehead atoms. The topological polar surface area (TPSA) is 103 Å². The Morgan fingerprint density at radius 3 is 2.60 bits per heavy atom. The molecule has 1 aromatic carbocycles. The minimum absolute atomic E-state index is 0.0286. The van der Waals surface area contributed by atoms with Gasteiger partial charge in [-0.1, -0.05) is 38.4 Å². The fourth-order valence-corrected chi connectivity index (χ4v) is 7.57. The minimum Gasteiger partial charge on any atom is -0.390 e. The number of hydrogen-bond acceptors (Lipinski definition) is 6. The third kappa shape index (κ3) is 5.47. The van der Waals surface area contributed by atoms with Crippen LogP contribution < -0.4 is 0 Å². The van der Waals surface area contributed by atoms with Gasteiger partial charge in [0.2, 0.25) is 0 Å². The second-order valence-corrected chi connectivity index (χ2v) is 14.5. The predicted molar refractivity (Wildman–Crippen MR) is 168 cm³/mol. The lowest BCUT2D eigenvalue weighted by molar-refractivity contribution is -0.0180. The highest BCUT2D eigenvalue weighted by molar-refractivity contribution is 6.35. The van der Waals surface area contributed by atoms with Crippen LogP contribution in [0.4, 0.5) is 0 Å². The lowest BCUT2D eigenvalue weighted by atomic mass is 9.76. The number of nitrogens with zero attached hydrogens (tertiary/aromatic N) is 5. The van der Waals surface area contributed by atoms with Gasteiger partial charge in [0.15, 0.2) is 0 Å². The molecule has 0 amide bonds. The van der Waals surface area contributed by atoms with Gasteiger partial charge < -0.3 is 19.8 Å². The molecule has 3 aromatic heterocycles. The summed E-state index contributed by atoms with van der Waals surface area (Å²) in [7, 11) is 0. The Kier molecular flexibility index (Phi) is 7.88. The van der Waals surface area contributed by atoms with Gasteiger partial charge >= 0.3 is 0 Å². The maximum atomic E-state index is 11.1. The summed E-state index contributed by atoms with van der Waals surface area (Å²) in [6.07, 6.45) is 6.79. The number of H-pyrrole nitrogens is 1. The van der Waals surface area contributed by atoms with Crippen LogP contribution in [0.5, 0.6) is 0 Å². The summed E-state index contributed by atoms with van der Waals surface area (Å²) in [6, 6.07) is 7.16. The van der Waals surface area contributed by atoms with E-state index in [0.717, 1.165) is 60.2 Å². The first-order chi connectivity index (χ1) is 19.9. The van der Waals surface area contributed by atoms with E-state index in [1.807, 2.05) is 17.7 Å². The van der Waals surface area contributed by atoms with E-state index in [9.17, 15) is 10.2 Å². The number of imidazole rings is 1. The Hall–Kier alpha value is -2.52. The SMILES string of the molecule is Cc1ncnc2c1c(Cl)cn2[C@@H]1C[C@H](CN(C(C)C)C2CC(CCc3nc4ccc(C(C)(C)C)cc4[nH]3)C2)[C@@H](O)[C@H]1O. The average Bonchev–Trinajstić information content (AvgIpc) is 3.55. The zero-order valence-corrected chi connectivity index (χ0v) is 26.4. The zero-order chi connectivity index (χ0) is 29.9. The van der Waals surface area contributed by atoms with Crippen LogP contribution in [0, 0.1) is 18.8 Å². The molecule has 0 saturated heterocycles. The molecule has 3 N–H and O–H groups in total. The molecule has 2 saturated carbocycles. The number of aromatic amines is 1. The maximum absolute atomic E-state index is 11.1. The first-order valence-electron chi connectivity index (χ1n) is 15.5. The Balaban J connectivity index is 1.07. The van der Waals surface area contributed by atoms with E-state index in [1.54, 1.807) is 0 Å². The lowest BCUT2D eigenvalue weighted by Gasteiger charge is -2.46. The molecule has 8 nitrogen and oxygen atoms in total. The van der Waals surface area contributed by atoms with Crippen molar-refractivity contribution in [1.82, 2.24) is 29.4 Å². The summed E-state index contributed by atoms with van der Waals surface area (Å²) in [6.45, 7) is 13.9. The molecule has 0 unspecified atom stereocenters. The van der Waals surface area contributed by atoms with Gasteiger partial charge in [-0.25, -0.2) is 15.0 Å². The Morgan fingerprint density at radius 1 is 1.12 bits per heavy atom. The van der Waals surface area contributed by atoms with Gasteiger partial charge in [0, 0.05) is 37.2 Å². The van der Waals surface area contributed by atoms with Crippen LogP contribution >= 0.6 is 11.6 Å². The number of benzene rings is 1. The number of halogens is 1. The highest BCUT2D eigenvalue weighted by Gasteiger charge is 2.45. The fraction of sp³-hybridized carbons (Fsp3) is 0.606.